The molecule has 24 heavy (non-hydrogen) atoms. The fourth-order valence-corrected chi connectivity index (χ4v) is 2.65. The Morgan fingerprint density at radius 1 is 1.25 bits per heavy atom. The molecule has 1 aliphatic rings. The zero-order chi connectivity index (χ0) is 17.7. The van der Waals surface area contributed by atoms with Crippen LogP contribution in [0, 0.1) is 15.9 Å². The minimum absolute atomic E-state index is 0.343. The number of likely N-dealkylation sites (tertiary alicyclic amines) is 1. The highest BCUT2D eigenvalue weighted by atomic mass is 19.1. The van der Waals surface area contributed by atoms with E-state index in [4.69, 9.17) is 4.74 Å². The number of carbonyl (C=O) groups is 2. The van der Waals surface area contributed by atoms with Gasteiger partial charge in [0.05, 0.1) is 4.92 Å². The molecule has 1 aliphatic heterocycles. The van der Waals surface area contributed by atoms with Crippen molar-refractivity contribution in [1.29, 1.82) is 0 Å². The van der Waals surface area contributed by atoms with Crippen LogP contribution in [0.3, 0.4) is 0 Å². The largest absolute Gasteiger partial charge is 0.449 e. The summed E-state index contributed by atoms with van der Waals surface area (Å²) in [5.41, 5.74) is -1.06. The number of amides is 1. The molecule has 0 saturated carbocycles. The monoisotopic (exact) mass is 338 g/mol. The molecule has 1 fully saturated rings. The summed E-state index contributed by atoms with van der Waals surface area (Å²) in [5.74, 6) is -2.22. The van der Waals surface area contributed by atoms with Gasteiger partial charge in [0.25, 0.3) is 11.6 Å². The van der Waals surface area contributed by atoms with Crippen LogP contribution in [-0.4, -0.2) is 40.9 Å². The number of hydrogen-bond donors (Lipinski definition) is 0. The highest BCUT2D eigenvalue weighted by Crippen LogP contribution is 2.21. The third kappa shape index (κ3) is 4.27. The Bertz CT molecular complexity index is 641. The maximum Gasteiger partial charge on any atom is 0.346 e. The maximum absolute atomic E-state index is 13.3. The number of nitrogens with zero attached hydrogens (tertiary/aromatic N) is 2. The van der Waals surface area contributed by atoms with Gasteiger partial charge in [0.1, 0.15) is 11.4 Å². The summed E-state index contributed by atoms with van der Waals surface area (Å²) >= 11 is 0. The van der Waals surface area contributed by atoms with Gasteiger partial charge in [-0.05, 0) is 31.9 Å². The lowest BCUT2D eigenvalue weighted by molar-refractivity contribution is -0.385. The van der Waals surface area contributed by atoms with E-state index in [1.807, 2.05) is 0 Å². The third-order valence-corrected chi connectivity index (χ3v) is 3.92. The fraction of sp³-hybridized carbons (Fsp3) is 0.500. The van der Waals surface area contributed by atoms with Gasteiger partial charge in [0.2, 0.25) is 0 Å². The second kappa shape index (κ2) is 7.85. The van der Waals surface area contributed by atoms with Crippen molar-refractivity contribution in [2.45, 2.75) is 38.7 Å². The topological polar surface area (TPSA) is 89.7 Å². The molecule has 8 heteroatoms. The van der Waals surface area contributed by atoms with Gasteiger partial charge in [-0.25, -0.2) is 9.18 Å². The predicted octanol–water partition coefficient (Wildman–Crippen LogP) is 2.68. The Morgan fingerprint density at radius 3 is 2.46 bits per heavy atom. The number of nitro benzene ring substituents is 1. The molecule has 0 unspecified atom stereocenters. The molecule has 0 aromatic heterocycles. The van der Waals surface area contributed by atoms with Crippen LogP contribution < -0.4 is 0 Å². The van der Waals surface area contributed by atoms with Crippen LogP contribution in [0.4, 0.5) is 10.1 Å². The summed E-state index contributed by atoms with van der Waals surface area (Å²) in [6.07, 6.45) is 2.79. The zero-order valence-electron chi connectivity index (χ0n) is 13.4. The van der Waals surface area contributed by atoms with Gasteiger partial charge >= 0.3 is 5.97 Å². The van der Waals surface area contributed by atoms with Gasteiger partial charge in [0.15, 0.2) is 6.10 Å². The first-order valence-corrected chi connectivity index (χ1v) is 7.84. The SMILES string of the molecule is C[C@H](OC(=O)c1cc(F)ccc1[N+](=O)[O-])C(=O)N1CCCCCC1. The Balaban J connectivity index is 2.09. The van der Waals surface area contributed by atoms with E-state index in [9.17, 15) is 24.1 Å². The van der Waals surface area contributed by atoms with Crippen LogP contribution in [0.1, 0.15) is 43.0 Å². The molecule has 0 aliphatic carbocycles. The molecule has 1 heterocycles. The zero-order valence-corrected chi connectivity index (χ0v) is 13.4. The molecule has 2 rings (SSSR count). The second-order valence-electron chi connectivity index (χ2n) is 5.71. The molecule has 1 amide bonds. The molecular weight excluding hydrogens is 319 g/mol. The minimum Gasteiger partial charge on any atom is -0.449 e. The lowest BCUT2D eigenvalue weighted by Gasteiger charge is -2.23. The number of ether oxygens (including phenoxy) is 1. The first-order valence-electron chi connectivity index (χ1n) is 7.84. The van der Waals surface area contributed by atoms with Crippen molar-refractivity contribution in [1.82, 2.24) is 4.90 Å². The molecule has 0 spiro atoms. The van der Waals surface area contributed by atoms with E-state index in [0.717, 1.165) is 43.9 Å². The maximum atomic E-state index is 13.3. The number of halogens is 1. The summed E-state index contributed by atoms with van der Waals surface area (Å²) in [6.45, 7) is 2.61. The summed E-state index contributed by atoms with van der Waals surface area (Å²) in [6, 6.07) is 2.53. The summed E-state index contributed by atoms with van der Waals surface area (Å²) in [4.78, 5) is 36.2. The van der Waals surface area contributed by atoms with Crippen molar-refractivity contribution in [2.24, 2.45) is 0 Å². The van der Waals surface area contributed by atoms with Crippen LogP contribution >= 0.6 is 0 Å². The van der Waals surface area contributed by atoms with E-state index >= 15 is 0 Å². The Hall–Kier alpha value is -2.51. The number of carbonyl (C=O) groups excluding carboxylic acids is 2. The van der Waals surface area contributed by atoms with Crippen LogP contribution in [0.25, 0.3) is 0 Å². The predicted molar refractivity (Wildman–Crippen MR) is 83.0 cm³/mol. The van der Waals surface area contributed by atoms with Crippen LogP contribution in [-0.2, 0) is 9.53 Å². The highest BCUT2D eigenvalue weighted by Gasteiger charge is 2.28. The molecule has 1 atom stereocenters. The molecule has 1 aromatic carbocycles. The van der Waals surface area contributed by atoms with Crippen molar-refractivity contribution >= 4 is 17.6 Å². The van der Waals surface area contributed by atoms with Gasteiger partial charge in [-0.1, -0.05) is 12.8 Å². The van der Waals surface area contributed by atoms with E-state index in [-0.39, 0.29) is 5.91 Å². The molecular formula is C16H19FN2O5. The van der Waals surface area contributed by atoms with Gasteiger partial charge in [-0.2, -0.15) is 0 Å². The average Bonchev–Trinajstić information content (AvgIpc) is 2.82. The number of nitro groups is 1. The standard InChI is InChI=1S/C16H19FN2O5/c1-11(15(20)18-8-4-2-3-5-9-18)24-16(21)13-10-12(17)6-7-14(13)19(22)23/h6-7,10-11H,2-5,8-9H2,1H3/t11-/m0/s1. The van der Waals surface area contributed by atoms with Gasteiger partial charge < -0.3 is 9.64 Å². The first-order chi connectivity index (χ1) is 11.4. The van der Waals surface area contributed by atoms with Crippen molar-refractivity contribution < 1.29 is 23.6 Å². The quantitative estimate of drug-likeness (QED) is 0.478. The van der Waals surface area contributed by atoms with Gasteiger partial charge in [0, 0.05) is 19.2 Å². The molecule has 0 N–H and O–H groups in total. The second-order valence-corrected chi connectivity index (χ2v) is 5.71. The Morgan fingerprint density at radius 2 is 1.88 bits per heavy atom. The summed E-state index contributed by atoms with van der Waals surface area (Å²) in [5, 5.41) is 10.9. The van der Waals surface area contributed by atoms with E-state index < -0.39 is 34.1 Å². The van der Waals surface area contributed by atoms with E-state index in [1.165, 1.54) is 6.92 Å². The Labute approximate surface area is 138 Å². The highest BCUT2D eigenvalue weighted by molar-refractivity contribution is 5.95. The third-order valence-electron chi connectivity index (χ3n) is 3.92. The van der Waals surface area contributed by atoms with E-state index in [0.29, 0.717) is 13.1 Å². The number of esters is 1. The number of benzene rings is 1. The molecule has 130 valence electrons. The van der Waals surface area contributed by atoms with Crippen LogP contribution in [0.15, 0.2) is 18.2 Å². The van der Waals surface area contributed by atoms with Crippen molar-refractivity contribution in [3.8, 4) is 0 Å². The molecule has 0 bridgehead atoms. The van der Waals surface area contributed by atoms with E-state index in [1.54, 1.807) is 4.90 Å². The number of rotatable bonds is 4. The minimum atomic E-state index is -1.09. The van der Waals surface area contributed by atoms with Crippen molar-refractivity contribution in [3.63, 3.8) is 0 Å². The number of hydrogen-bond acceptors (Lipinski definition) is 5. The smallest absolute Gasteiger partial charge is 0.346 e. The van der Waals surface area contributed by atoms with Gasteiger partial charge in [-0.15, -0.1) is 0 Å². The summed E-state index contributed by atoms with van der Waals surface area (Å²) < 4.78 is 18.3. The molecule has 1 aromatic rings. The molecule has 7 nitrogen and oxygen atoms in total. The summed E-state index contributed by atoms with van der Waals surface area (Å²) in [7, 11) is 0. The van der Waals surface area contributed by atoms with Crippen molar-refractivity contribution in [3.05, 3.63) is 39.7 Å². The fourth-order valence-electron chi connectivity index (χ4n) is 2.65. The van der Waals surface area contributed by atoms with Gasteiger partial charge in [-0.3, -0.25) is 14.9 Å². The molecule has 1 saturated heterocycles. The van der Waals surface area contributed by atoms with Crippen LogP contribution in [0.2, 0.25) is 0 Å². The lowest BCUT2D eigenvalue weighted by atomic mass is 10.1. The van der Waals surface area contributed by atoms with Crippen molar-refractivity contribution in [2.75, 3.05) is 13.1 Å². The first kappa shape index (κ1) is 17.8. The normalized spacial score (nSPS) is 16.2. The van der Waals surface area contributed by atoms with Crippen LogP contribution in [0.5, 0.6) is 0 Å². The Kier molecular flexibility index (Phi) is 5.83. The van der Waals surface area contributed by atoms with E-state index in [2.05, 4.69) is 0 Å². The molecule has 0 radical (unpaired) electrons. The average molecular weight is 338 g/mol. The lowest BCUT2D eigenvalue weighted by Crippen LogP contribution is -2.40.